The van der Waals surface area contributed by atoms with Crippen molar-refractivity contribution in [1.82, 2.24) is 13.9 Å². The van der Waals surface area contributed by atoms with Crippen LogP contribution >= 0.6 is 0 Å². The molecular weight excluding hydrogens is 338 g/mol. The number of likely N-dealkylation sites (tertiary alicyclic amines) is 1. The molecule has 0 unspecified atom stereocenters. The van der Waals surface area contributed by atoms with Crippen LogP contribution in [0.5, 0.6) is 0 Å². The van der Waals surface area contributed by atoms with Crippen molar-refractivity contribution in [1.29, 1.82) is 0 Å². The van der Waals surface area contributed by atoms with Crippen molar-refractivity contribution in [2.24, 2.45) is 0 Å². The summed E-state index contributed by atoms with van der Waals surface area (Å²) in [5, 5.41) is 0. The molecule has 0 bridgehead atoms. The van der Waals surface area contributed by atoms with Gasteiger partial charge in [-0.25, -0.2) is 0 Å². The highest BCUT2D eigenvalue weighted by Gasteiger charge is 2.33. The largest absolute Gasteiger partial charge is 0.379 e. The van der Waals surface area contributed by atoms with E-state index in [1.165, 1.54) is 15.4 Å². The number of piperidine rings is 1. The minimum absolute atomic E-state index is 0.00491. The van der Waals surface area contributed by atoms with Gasteiger partial charge in [-0.1, -0.05) is 24.3 Å². The van der Waals surface area contributed by atoms with E-state index in [1.807, 2.05) is 0 Å². The Morgan fingerprint density at radius 2 is 1.72 bits per heavy atom. The number of nitrogens with one attached hydrogen (secondary N) is 1. The molecule has 0 aromatic heterocycles. The van der Waals surface area contributed by atoms with Gasteiger partial charge in [-0.3, -0.25) is 4.90 Å². The van der Waals surface area contributed by atoms with Gasteiger partial charge in [0, 0.05) is 31.7 Å². The van der Waals surface area contributed by atoms with E-state index in [9.17, 15) is 8.42 Å². The Balaban J connectivity index is 1.37. The van der Waals surface area contributed by atoms with Crippen LogP contribution in [-0.4, -0.2) is 69.1 Å². The van der Waals surface area contributed by atoms with Gasteiger partial charge in [0.2, 0.25) is 0 Å². The Bertz CT molecular complexity index is 678. The van der Waals surface area contributed by atoms with Crippen molar-refractivity contribution in [3.8, 4) is 0 Å². The minimum atomic E-state index is -3.41. The number of ether oxygens (including phenoxy) is 1. The predicted molar refractivity (Wildman–Crippen MR) is 96.7 cm³/mol. The zero-order chi connectivity index (χ0) is 17.3. The lowest BCUT2D eigenvalue weighted by Crippen LogP contribution is -2.55. The summed E-state index contributed by atoms with van der Waals surface area (Å²) < 4.78 is 34.9. The van der Waals surface area contributed by atoms with Gasteiger partial charge in [0.1, 0.15) is 0 Å². The van der Waals surface area contributed by atoms with Gasteiger partial charge < -0.3 is 4.74 Å². The van der Waals surface area contributed by atoms with Crippen LogP contribution in [0, 0.1) is 0 Å². The zero-order valence-electron chi connectivity index (χ0n) is 14.6. The van der Waals surface area contributed by atoms with Gasteiger partial charge >= 0.3 is 0 Å². The Labute approximate surface area is 150 Å². The van der Waals surface area contributed by atoms with E-state index >= 15 is 0 Å². The fourth-order valence-electron chi connectivity index (χ4n) is 4.30. The van der Waals surface area contributed by atoms with E-state index in [4.69, 9.17) is 4.74 Å². The Kier molecular flexibility index (Phi) is 5.11. The first-order chi connectivity index (χ1) is 12.1. The molecule has 1 aromatic rings. The Morgan fingerprint density at radius 1 is 1.04 bits per heavy atom. The first-order valence-corrected chi connectivity index (χ1v) is 10.7. The first-order valence-electron chi connectivity index (χ1n) is 9.28. The molecule has 2 heterocycles. The molecular formula is C18H27N3O3S. The van der Waals surface area contributed by atoms with Crippen molar-refractivity contribution in [2.75, 3.05) is 39.4 Å². The summed E-state index contributed by atoms with van der Waals surface area (Å²) in [5.41, 5.74) is 2.90. The molecule has 2 saturated heterocycles. The average molecular weight is 365 g/mol. The maximum Gasteiger partial charge on any atom is 0.279 e. The van der Waals surface area contributed by atoms with Gasteiger partial charge in [-0.15, -0.1) is 0 Å². The standard InChI is InChI=1S/C18H27N3O3S/c22-25(23,21-8-10-24-11-9-21)19-17-6-3-7-20(14-17)18-12-15-4-1-2-5-16(15)13-18/h1-2,4-5,17-19H,3,6-14H2/t17-/m1/s1. The number of rotatable bonds is 4. The topological polar surface area (TPSA) is 61.9 Å². The molecule has 0 radical (unpaired) electrons. The molecule has 0 saturated carbocycles. The number of benzene rings is 1. The summed E-state index contributed by atoms with van der Waals surface area (Å²) in [5.74, 6) is 0. The van der Waals surface area contributed by atoms with E-state index in [2.05, 4.69) is 33.9 Å². The molecule has 7 heteroatoms. The molecule has 1 aliphatic carbocycles. The molecule has 2 aliphatic heterocycles. The van der Waals surface area contributed by atoms with Crippen molar-refractivity contribution in [3.63, 3.8) is 0 Å². The minimum Gasteiger partial charge on any atom is -0.379 e. The highest BCUT2D eigenvalue weighted by Crippen LogP contribution is 2.27. The summed E-state index contributed by atoms with van der Waals surface area (Å²) >= 11 is 0. The fourth-order valence-corrected chi connectivity index (χ4v) is 5.69. The van der Waals surface area contributed by atoms with Crippen molar-refractivity contribution >= 4 is 10.2 Å². The van der Waals surface area contributed by atoms with Gasteiger partial charge in [0.05, 0.1) is 13.2 Å². The second-order valence-electron chi connectivity index (χ2n) is 7.30. The quantitative estimate of drug-likeness (QED) is 0.857. The second kappa shape index (κ2) is 7.32. The lowest BCUT2D eigenvalue weighted by atomic mass is 10.0. The smallest absolute Gasteiger partial charge is 0.279 e. The van der Waals surface area contributed by atoms with E-state index in [0.29, 0.717) is 32.3 Å². The summed E-state index contributed by atoms with van der Waals surface area (Å²) in [6, 6.07) is 9.17. The third-order valence-corrected chi connectivity index (χ3v) is 7.30. The van der Waals surface area contributed by atoms with E-state index in [1.54, 1.807) is 0 Å². The van der Waals surface area contributed by atoms with Crippen LogP contribution in [0.2, 0.25) is 0 Å². The van der Waals surface area contributed by atoms with Crippen molar-refractivity contribution < 1.29 is 13.2 Å². The number of morpholine rings is 1. The molecule has 1 N–H and O–H groups in total. The highest BCUT2D eigenvalue weighted by molar-refractivity contribution is 7.87. The van der Waals surface area contributed by atoms with E-state index < -0.39 is 10.2 Å². The van der Waals surface area contributed by atoms with Crippen molar-refractivity contribution in [2.45, 2.75) is 37.8 Å². The number of nitrogens with zero attached hydrogens (tertiary/aromatic N) is 2. The van der Waals surface area contributed by atoms with Gasteiger partial charge in [-0.2, -0.15) is 17.4 Å². The molecule has 0 spiro atoms. The normalized spacial score (nSPS) is 26.6. The number of hydrogen-bond acceptors (Lipinski definition) is 4. The Morgan fingerprint density at radius 3 is 2.40 bits per heavy atom. The predicted octanol–water partition coefficient (Wildman–Crippen LogP) is 0.785. The van der Waals surface area contributed by atoms with Crippen LogP contribution in [0.15, 0.2) is 24.3 Å². The first kappa shape index (κ1) is 17.4. The number of fused-ring (bicyclic) bond motifs is 1. The van der Waals surface area contributed by atoms with Crippen LogP contribution in [-0.2, 0) is 27.8 Å². The fraction of sp³-hybridized carbons (Fsp3) is 0.667. The average Bonchev–Trinajstić information content (AvgIpc) is 3.07. The molecule has 6 nitrogen and oxygen atoms in total. The molecule has 138 valence electrons. The molecule has 4 rings (SSSR count). The van der Waals surface area contributed by atoms with Crippen LogP contribution in [0.4, 0.5) is 0 Å². The van der Waals surface area contributed by atoms with Crippen LogP contribution in [0.3, 0.4) is 0 Å². The maximum absolute atomic E-state index is 12.6. The van der Waals surface area contributed by atoms with Gasteiger partial charge in [0.15, 0.2) is 0 Å². The summed E-state index contributed by atoms with van der Waals surface area (Å²) in [7, 11) is -3.41. The third-order valence-electron chi connectivity index (χ3n) is 5.62. The van der Waals surface area contributed by atoms with Gasteiger partial charge in [0.25, 0.3) is 10.2 Å². The maximum atomic E-state index is 12.6. The van der Waals surface area contributed by atoms with Crippen LogP contribution in [0.1, 0.15) is 24.0 Å². The SMILES string of the molecule is O=S(=O)(N[C@@H]1CCCN(C2Cc3ccccc3C2)C1)N1CCOCC1. The summed E-state index contributed by atoms with van der Waals surface area (Å²) in [4.78, 5) is 2.48. The molecule has 1 aromatic carbocycles. The molecule has 2 fully saturated rings. The molecule has 25 heavy (non-hydrogen) atoms. The summed E-state index contributed by atoms with van der Waals surface area (Å²) in [6.45, 7) is 3.74. The molecule has 0 amide bonds. The van der Waals surface area contributed by atoms with Gasteiger partial charge in [-0.05, 0) is 43.4 Å². The van der Waals surface area contributed by atoms with Crippen LogP contribution in [0.25, 0.3) is 0 Å². The second-order valence-corrected chi connectivity index (χ2v) is 9.00. The molecule has 1 atom stereocenters. The van der Waals surface area contributed by atoms with Crippen molar-refractivity contribution in [3.05, 3.63) is 35.4 Å². The monoisotopic (exact) mass is 365 g/mol. The Hall–Kier alpha value is -0.990. The number of hydrogen-bond donors (Lipinski definition) is 1. The van der Waals surface area contributed by atoms with E-state index in [0.717, 1.165) is 38.8 Å². The highest BCUT2D eigenvalue weighted by atomic mass is 32.2. The lowest BCUT2D eigenvalue weighted by Gasteiger charge is -2.38. The third kappa shape index (κ3) is 3.90. The van der Waals surface area contributed by atoms with Crippen LogP contribution < -0.4 is 4.72 Å². The lowest BCUT2D eigenvalue weighted by molar-refractivity contribution is 0.0717. The van der Waals surface area contributed by atoms with E-state index in [-0.39, 0.29) is 6.04 Å². The molecule has 3 aliphatic rings. The zero-order valence-corrected chi connectivity index (χ0v) is 15.4. The summed E-state index contributed by atoms with van der Waals surface area (Å²) in [6.07, 6.45) is 4.13.